The van der Waals surface area contributed by atoms with Gasteiger partial charge in [-0.1, -0.05) is 146 Å². The third-order valence-corrected chi connectivity index (χ3v) is 11.7. The third-order valence-electron chi connectivity index (χ3n) is 11.7. The summed E-state index contributed by atoms with van der Waals surface area (Å²) in [4.78, 5) is 7.06. The van der Waals surface area contributed by atoms with Crippen LogP contribution in [0, 0.1) is 0 Å². The molecule has 0 unspecified atom stereocenters. The highest BCUT2D eigenvalue weighted by Crippen LogP contribution is 2.46. The van der Waals surface area contributed by atoms with Crippen LogP contribution in [0.4, 0.5) is 51.2 Å². The Morgan fingerprint density at radius 1 is 0.203 bits per heavy atom. The molecule has 0 saturated heterocycles. The molecule has 11 rings (SSSR count). The van der Waals surface area contributed by atoms with Crippen LogP contribution in [0.2, 0.25) is 0 Å². The summed E-state index contributed by atoms with van der Waals surface area (Å²) in [5, 5.41) is 2.24. The van der Waals surface area contributed by atoms with Gasteiger partial charge in [-0.05, 0) is 138 Å². The highest BCUT2D eigenvalue weighted by molar-refractivity contribution is 6.06. The van der Waals surface area contributed by atoms with Crippen molar-refractivity contribution in [2.75, 3.05) is 14.7 Å². The van der Waals surface area contributed by atoms with Gasteiger partial charge in [0.1, 0.15) is 11.2 Å². The number of para-hydroxylation sites is 5. The second kappa shape index (κ2) is 17.0. The van der Waals surface area contributed by atoms with E-state index in [0.29, 0.717) is 0 Å². The molecule has 0 saturated carbocycles. The molecule has 64 heavy (non-hydrogen) atoms. The monoisotopic (exact) mass is 821 g/mol. The third kappa shape index (κ3) is 7.55. The molecule has 0 bridgehead atoms. The van der Waals surface area contributed by atoms with Crippen molar-refractivity contribution in [1.29, 1.82) is 0 Å². The van der Waals surface area contributed by atoms with Gasteiger partial charge >= 0.3 is 0 Å². The van der Waals surface area contributed by atoms with Gasteiger partial charge < -0.3 is 19.1 Å². The molecule has 0 N–H and O–H groups in total. The summed E-state index contributed by atoms with van der Waals surface area (Å²) in [7, 11) is 0. The molecule has 4 nitrogen and oxygen atoms in total. The standard InChI is InChI=1S/C60H43N3O/c1-6-20-44(21-7-1)47-39-55(62(50-27-12-4-13-28-50)51-29-14-5-15-30-51)43-56(40-47)63(54-33-19-32-53(42-54)61(48-23-8-2-9-24-48)49-25-10-3-11-26-49)52-31-18-22-45(38-52)46-36-37-58-57-34-16-17-35-59(57)64-60(58)41-46/h1-43H. The Morgan fingerprint density at radius 2 is 0.562 bits per heavy atom. The van der Waals surface area contributed by atoms with Crippen molar-refractivity contribution >= 4 is 73.1 Å². The fourth-order valence-corrected chi connectivity index (χ4v) is 8.80. The minimum atomic E-state index is 0.873. The molecule has 0 atom stereocenters. The zero-order chi connectivity index (χ0) is 42.7. The summed E-state index contributed by atoms with van der Waals surface area (Å²) in [6.07, 6.45) is 0. The van der Waals surface area contributed by atoms with Gasteiger partial charge in [0.15, 0.2) is 0 Å². The van der Waals surface area contributed by atoms with E-state index in [1.807, 2.05) is 12.1 Å². The van der Waals surface area contributed by atoms with Gasteiger partial charge in [0, 0.05) is 62.0 Å². The van der Waals surface area contributed by atoms with Crippen molar-refractivity contribution in [3.63, 3.8) is 0 Å². The van der Waals surface area contributed by atoms with Crippen LogP contribution >= 0.6 is 0 Å². The second-order valence-corrected chi connectivity index (χ2v) is 15.8. The van der Waals surface area contributed by atoms with Crippen molar-refractivity contribution in [2.24, 2.45) is 0 Å². The first-order valence-corrected chi connectivity index (χ1v) is 21.7. The lowest BCUT2D eigenvalue weighted by Gasteiger charge is -2.31. The quantitative estimate of drug-likeness (QED) is 0.130. The molecule has 0 aliphatic carbocycles. The van der Waals surface area contributed by atoms with Gasteiger partial charge in [-0.15, -0.1) is 0 Å². The number of hydrogen-bond donors (Lipinski definition) is 0. The highest BCUT2D eigenvalue weighted by atomic mass is 16.3. The molecule has 0 spiro atoms. The van der Waals surface area contributed by atoms with Crippen LogP contribution in [0.15, 0.2) is 265 Å². The van der Waals surface area contributed by atoms with E-state index in [-0.39, 0.29) is 0 Å². The number of benzene rings is 10. The van der Waals surface area contributed by atoms with E-state index in [1.165, 1.54) is 0 Å². The van der Waals surface area contributed by atoms with Crippen molar-refractivity contribution in [1.82, 2.24) is 0 Å². The molecule has 0 amide bonds. The Morgan fingerprint density at radius 3 is 1.12 bits per heavy atom. The molecule has 11 aromatic rings. The largest absolute Gasteiger partial charge is 0.456 e. The van der Waals surface area contributed by atoms with Crippen molar-refractivity contribution in [3.05, 3.63) is 261 Å². The Labute approximate surface area is 373 Å². The van der Waals surface area contributed by atoms with Crippen LogP contribution in [-0.2, 0) is 0 Å². The SMILES string of the molecule is c1ccc(-c2cc(N(c3ccccc3)c3ccccc3)cc(N(c3cccc(-c4ccc5c(c4)oc4ccccc45)c3)c3cccc(N(c4ccccc4)c4ccccc4)c3)c2)cc1. The maximum atomic E-state index is 6.38. The van der Waals surface area contributed by atoms with E-state index in [0.717, 1.165) is 95.4 Å². The fraction of sp³-hybridized carbons (Fsp3) is 0. The predicted octanol–water partition coefficient (Wildman–Crippen LogP) is 17.3. The van der Waals surface area contributed by atoms with Gasteiger partial charge in [-0.2, -0.15) is 0 Å². The van der Waals surface area contributed by atoms with Crippen molar-refractivity contribution < 1.29 is 4.42 Å². The van der Waals surface area contributed by atoms with Crippen LogP contribution in [-0.4, -0.2) is 0 Å². The smallest absolute Gasteiger partial charge is 0.136 e. The number of hydrogen-bond acceptors (Lipinski definition) is 4. The Bertz CT molecular complexity index is 3250. The summed E-state index contributed by atoms with van der Waals surface area (Å²) in [5.74, 6) is 0. The Balaban J connectivity index is 1.14. The van der Waals surface area contributed by atoms with Crippen LogP contribution in [0.1, 0.15) is 0 Å². The molecule has 304 valence electrons. The molecule has 1 aromatic heterocycles. The number of furan rings is 1. The summed E-state index contributed by atoms with van der Waals surface area (Å²) in [6.45, 7) is 0. The predicted molar refractivity (Wildman–Crippen MR) is 269 cm³/mol. The van der Waals surface area contributed by atoms with Crippen LogP contribution < -0.4 is 14.7 Å². The van der Waals surface area contributed by atoms with E-state index in [4.69, 9.17) is 4.42 Å². The summed E-state index contributed by atoms with van der Waals surface area (Å²) >= 11 is 0. The fourth-order valence-electron chi connectivity index (χ4n) is 8.80. The van der Waals surface area contributed by atoms with E-state index in [2.05, 4.69) is 263 Å². The minimum Gasteiger partial charge on any atom is -0.456 e. The van der Waals surface area contributed by atoms with E-state index in [1.54, 1.807) is 0 Å². The summed E-state index contributed by atoms with van der Waals surface area (Å²) in [5.41, 5.74) is 15.6. The average Bonchev–Trinajstić information content (AvgIpc) is 3.74. The maximum absolute atomic E-state index is 6.38. The van der Waals surface area contributed by atoms with E-state index in [9.17, 15) is 0 Å². The van der Waals surface area contributed by atoms with Gasteiger partial charge in [-0.25, -0.2) is 0 Å². The highest BCUT2D eigenvalue weighted by Gasteiger charge is 2.22. The molecular formula is C60H43N3O. The van der Waals surface area contributed by atoms with Gasteiger partial charge in [0.05, 0.1) is 0 Å². The maximum Gasteiger partial charge on any atom is 0.136 e. The van der Waals surface area contributed by atoms with Gasteiger partial charge in [0.2, 0.25) is 0 Å². The molecule has 4 heteroatoms. The molecule has 0 aliphatic heterocycles. The van der Waals surface area contributed by atoms with Crippen LogP contribution in [0.25, 0.3) is 44.2 Å². The van der Waals surface area contributed by atoms with Gasteiger partial charge in [0.25, 0.3) is 0 Å². The molecule has 0 aliphatic rings. The zero-order valence-electron chi connectivity index (χ0n) is 35.1. The number of nitrogens with zero attached hydrogens (tertiary/aromatic N) is 3. The average molecular weight is 822 g/mol. The molecular weight excluding hydrogens is 779 g/mol. The van der Waals surface area contributed by atoms with E-state index >= 15 is 0 Å². The minimum absolute atomic E-state index is 0.873. The summed E-state index contributed by atoms with van der Waals surface area (Å²) in [6, 6.07) is 92.6. The lowest BCUT2D eigenvalue weighted by atomic mass is 10.0. The van der Waals surface area contributed by atoms with Gasteiger partial charge in [-0.3, -0.25) is 0 Å². The Kier molecular flexibility index (Phi) is 10.2. The first-order chi connectivity index (χ1) is 31.7. The van der Waals surface area contributed by atoms with Crippen LogP contribution in [0.5, 0.6) is 0 Å². The first kappa shape index (κ1) is 38.3. The molecule has 0 fully saturated rings. The zero-order valence-corrected chi connectivity index (χ0v) is 35.1. The topological polar surface area (TPSA) is 22.9 Å². The van der Waals surface area contributed by atoms with Crippen molar-refractivity contribution in [3.8, 4) is 22.3 Å². The van der Waals surface area contributed by atoms with Crippen LogP contribution in [0.3, 0.4) is 0 Å². The number of anilines is 9. The van der Waals surface area contributed by atoms with Crippen molar-refractivity contribution in [2.45, 2.75) is 0 Å². The second-order valence-electron chi connectivity index (χ2n) is 15.8. The number of fused-ring (bicyclic) bond motifs is 3. The molecule has 0 radical (unpaired) electrons. The van der Waals surface area contributed by atoms with E-state index < -0.39 is 0 Å². The lowest BCUT2D eigenvalue weighted by molar-refractivity contribution is 0.669. The Hall–Kier alpha value is -8.60. The lowest BCUT2D eigenvalue weighted by Crippen LogP contribution is -2.15. The molecule has 10 aromatic carbocycles. The first-order valence-electron chi connectivity index (χ1n) is 21.7. The normalized spacial score (nSPS) is 11.1. The molecule has 1 heterocycles. The number of rotatable bonds is 11. The summed E-state index contributed by atoms with van der Waals surface area (Å²) < 4.78 is 6.38.